The maximum Gasteiger partial charge on any atom is 0.294 e. The average Bonchev–Trinajstić information content (AvgIpc) is 2.28. The molecule has 0 unspecified atom stereocenters. The summed E-state index contributed by atoms with van der Waals surface area (Å²) in [6.07, 6.45) is 0. The molecule has 7 heteroatoms. The first-order chi connectivity index (χ1) is 8.04. The summed E-state index contributed by atoms with van der Waals surface area (Å²) in [6, 6.07) is 5.47. The van der Waals surface area contributed by atoms with Crippen molar-refractivity contribution in [3.8, 4) is 5.75 Å². The molecule has 0 radical (unpaired) electrons. The van der Waals surface area contributed by atoms with E-state index in [9.17, 15) is 8.42 Å². The highest BCUT2D eigenvalue weighted by Crippen LogP contribution is 2.15. The van der Waals surface area contributed by atoms with Gasteiger partial charge >= 0.3 is 0 Å². The Kier molecular flexibility index (Phi) is 5.36. The van der Waals surface area contributed by atoms with Crippen molar-refractivity contribution in [1.29, 1.82) is 0 Å². The van der Waals surface area contributed by atoms with E-state index in [2.05, 4.69) is 0 Å². The maximum absolute atomic E-state index is 10.8. The molecule has 0 aliphatic heterocycles. The van der Waals surface area contributed by atoms with Crippen LogP contribution in [0.1, 0.15) is 0 Å². The minimum absolute atomic E-state index is 0.163. The molecule has 1 aromatic rings. The van der Waals surface area contributed by atoms with Crippen molar-refractivity contribution in [3.05, 3.63) is 24.3 Å². The molecule has 0 bridgehead atoms. The van der Waals surface area contributed by atoms with Crippen molar-refractivity contribution in [1.82, 2.24) is 0 Å². The second kappa shape index (κ2) is 6.55. The lowest BCUT2D eigenvalue weighted by molar-refractivity contribution is 0.106. The van der Waals surface area contributed by atoms with Gasteiger partial charge in [0.25, 0.3) is 10.1 Å². The van der Waals surface area contributed by atoms with E-state index in [0.29, 0.717) is 32.1 Å². The summed E-state index contributed by atoms with van der Waals surface area (Å²) in [5.41, 5.74) is 5.23. The third-order valence-electron chi connectivity index (χ3n) is 1.88. The van der Waals surface area contributed by atoms with Crippen molar-refractivity contribution in [2.75, 3.05) is 26.4 Å². The first-order valence-electron chi connectivity index (χ1n) is 5.02. The molecule has 6 nitrogen and oxygen atoms in total. The molecule has 1 aromatic carbocycles. The Balaban J connectivity index is 2.41. The fraction of sp³-hybridized carbons (Fsp3) is 0.400. The summed E-state index contributed by atoms with van der Waals surface area (Å²) in [5.74, 6) is 0.508. The molecule has 0 atom stereocenters. The zero-order chi connectivity index (χ0) is 12.7. The lowest BCUT2D eigenvalue weighted by atomic mass is 10.3. The Labute approximate surface area is 100 Å². The molecule has 17 heavy (non-hydrogen) atoms. The van der Waals surface area contributed by atoms with E-state index in [0.717, 1.165) is 0 Å². The Bertz CT molecular complexity index is 429. The zero-order valence-electron chi connectivity index (χ0n) is 9.20. The van der Waals surface area contributed by atoms with E-state index in [4.69, 9.17) is 19.8 Å². The predicted molar refractivity (Wildman–Crippen MR) is 61.6 cm³/mol. The normalized spacial score (nSPS) is 11.4. The zero-order valence-corrected chi connectivity index (χ0v) is 10.0. The maximum atomic E-state index is 10.8. The van der Waals surface area contributed by atoms with Gasteiger partial charge in [0.2, 0.25) is 0 Å². The number of hydrogen-bond acceptors (Lipinski definition) is 5. The van der Waals surface area contributed by atoms with E-state index in [1.165, 1.54) is 24.3 Å². The molecule has 0 fully saturated rings. The minimum atomic E-state index is -4.15. The van der Waals surface area contributed by atoms with Crippen molar-refractivity contribution < 1.29 is 22.4 Å². The Hall–Kier alpha value is -1.15. The molecule has 0 amide bonds. The summed E-state index contributed by atoms with van der Waals surface area (Å²) in [7, 11) is -4.15. The van der Waals surface area contributed by atoms with Crippen LogP contribution in [0.3, 0.4) is 0 Å². The Morgan fingerprint density at radius 1 is 1.12 bits per heavy atom. The number of ether oxygens (including phenoxy) is 2. The summed E-state index contributed by atoms with van der Waals surface area (Å²) < 4.78 is 40.6. The van der Waals surface area contributed by atoms with E-state index in [1.807, 2.05) is 0 Å². The molecule has 0 saturated carbocycles. The molecule has 0 aliphatic rings. The Morgan fingerprint density at radius 3 is 2.29 bits per heavy atom. The highest BCUT2D eigenvalue weighted by Gasteiger charge is 2.08. The highest BCUT2D eigenvalue weighted by molar-refractivity contribution is 7.85. The number of benzene rings is 1. The van der Waals surface area contributed by atoms with Crippen molar-refractivity contribution >= 4 is 10.1 Å². The van der Waals surface area contributed by atoms with E-state index < -0.39 is 10.1 Å². The minimum Gasteiger partial charge on any atom is -0.491 e. The third-order valence-corrected chi connectivity index (χ3v) is 2.75. The summed E-state index contributed by atoms with van der Waals surface area (Å²) in [6.45, 7) is 1.70. The molecule has 0 heterocycles. The van der Waals surface area contributed by atoms with Crippen molar-refractivity contribution in [3.63, 3.8) is 0 Å². The van der Waals surface area contributed by atoms with Crippen LogP contribution < -0.4 is 10.5 Å². The van der Waals surface area contributed by atoms with Gasteiger partial charge < -0.3 is 15.2 Å². The van der Waals surface area contributed by atoms with Crippen LogP contribution in [-0.2, 0) is 14.9 Å². The summed E-state index contributed by atoms with van der Waals surface area (Å²) in [5, 5.41) is 0. The van der Waals surface area contributed by atoms with Crippen molar-refractivity contribution in [2.45, 2.75) is 4.90 Å². The molecule has 3 N–H and O–H groups in total. The van der Waals surface area contributed by atoms with E-state index in [-0.39, 0.29) is 4.90 Å². The van der Waals surface area contributed by atoms with Crippen LogP contribution in [0.15, 0.2) is 29.2 Å². The summed E-state index contributed by atoms with van der Waals surface area (Å²) >= 11 is 0. The molecular formula is C10H15NO5S. The van der Waals surface area contributed by atoms with Gasteiger partial charge in [0.1, 0.15) is 12.4 Å². The molecule has 0 aromatic heterocycles. The van der Waals surface area contributed by atoms with Gasteiger partial charge in [-0.25, -0.2) is 0 Å². The predicted octanol–water partition coefficient (Wildman–Crippen LogP) is 0.287. The van der Waals surface area contributed by atoms with E-state index in [1.54, 1.807) is 0 Å². The van der Waals surface area contributed by atoms with Gasteiger partial charge in [-0.3, -0.25) is 4.55 Å². The van der Waals surface area contributed by atoms with Crippen LogP contribution in [-0.4, -0.2) is 39.3 Å². The van der Waals surface area contributed by atoms with Gasteiger partial charge in [-0.05, 0) is 24.3 Å². The number of nitrogens with two attached hydrogens (primary N) is 1. The smallest absolute Gasteiger partial charge is 0.294 e. The molecular weight excluding hydrogens is 246 g/mol. The quantitative estimate of drug-likeness (QED) is 0.540. The molecule has 0 spiro atoms. The van der Waals surface area contributed by atoms with Crippen molar-refractivity contribution in [2.24, 2.45) is 5.73 Å². The topological polar surface area (TPSA) is 98.9 Å². The van der Waals surface area contributed by atoms with E-state index >= 15 is 0 Å². The molecule has 96 valence electrons. The van der Waals surface area contributed by atoms with Gasteiger partial charge in [-0.2, -0.15) is 8.42 Å². The first-order valence-corrected chi connectivity index (χ1v) is 6.46. The van der Waals surface area contributed by atoms with Crippen LogP contribution in [0, 0.1) is 0 Å². The SMILES string of the molecule is NCCOCCOc1ccc(S(=O)(=O)O)cc1. The summed E-state index contributed by atoms with van der Waals surface area (Å²) in [4.78, 5) is -0.163. The third kappa shape index (κ3) is 5.14. The standard InChI is InChI=1S/C10H15NO5S/c11-5-6-15-7-8-16-9-1-3-10(4-2-9)17(12,13)14/h1-4H,5-8,11H2,(H,12,13,14). The monoisotopic (exact) mass is 261 g/mol. The fourth-order valence-electron chi connectivity index (χ4n) is 1.11. The molecule has 0 aliphatic carbocycles. The fourth-order valence-corrected chi connectivity index (χ4v) is 1.59. The second-order valence-electron chi connectivity index (χ2n) is 3.20. The lowest BCUT2D eigenvalue weighted by Crippen LogP contribution is -2.13. The molecule has 1 rings (SSSR count). The largest absolute Gasteiger partial charge is 0.491 e. The van der Waals surface area contributed by atoms with Gasteiger partial charge in [-0.15, -0.1) is 0 Å². The first kappa shape index (κ1) is 13.9. The highest BCUT2D eigenvalue weighted by atomic mass is 32.2. The van der Waals surface area contributed by atoms with Crippen LogP contribution >= 0.6 is 0 Å². The van der Waals surface area contributed by atoms with Crippen LogP contribution in [0.5, 0.6) is 5.75 Å². The van der Waals surface area contributed by atoms with Gasteiger partial charge in [-0.1, -0.05) is 0 Å². The second-order valence-corrected chi connectivity index (χ2v) is 4.62. The lowest BCUT2D eigenvalue weighted by Gasteiger charge is -2.06. The van der Waals surface area contributed by atoms with Gasteiger partial charge in [0.05, 0.1) is 18.1 Å². The number of hydrogen-bond donors (Lipinski definition) is 2. The van der Waals surface area contributed by atoms with Crippen LogP contribution in [0.4, 0.5) is 0 Å². The number of rotatable bonds is 7. The van der Waals surface area contributed by atoms with Crippen LogP contribution in [0.2, 0.25) is 0 Å². The van der Waals surface area contributed by atoms with Crippen LogP contribution in [0.25, 0.3) is 0 Å². The average molecular weight is 261 g/mol. The van der Waals surface area contributed by atoms with Gasteiger partial charge in [0, 0.05) is 6.54 Å². The van der Waals surface area contributed by atoms with Gasteiger partial charge in [0.15, 0.2) is 0 Å². The Morgan fingerprint density at radius 2 is 1.76 bits per heavy atom. The molecule has 0 saturated heterocycles.